The van der Waals surface area contributed by atoms with Crippen LogP contribution in [-0.2, 0) is 22.4 Å². The van der Waals surface area contributed by atoms with Gasteiger partial charge in [-0.1, -0.05) is 25.6 Å². The number of nitrogens with zero attached hydrogens (tertiary/aromatic N) is 3. The van der Waals surface area contributed by atoms with Gasteiger partial charge in [-0.15, -0.1) is 0 Å². The fourth-order valence-electron chi connectivity index (χ4n) is 3.62. The van der Waals surface area contributed by atoms with E-state index in [0.717, 1.165) is 35.5 Å². The number of rotatable bonds is 11. The number of aromatic nitrogens is 2. The second kappa shape index (κ2) is 10.9. The molecule has 3 rings (SSSR count). The Morgan fingerprint density at radius 2 is 2.03 bits per heavy atom. The van der Waals surface area contributed by atoms with Crippen molar-refractivity contribution in [1.82, 2.24) is 20.2 Å². The van der Waals surface area contributed by atoms with E-state index in [0.29, 0.717) is 31.1 Å². The zero-order valence-electron chi connectivity index (χ0n) is 19.9. The number of nitrogens with one attached hydrogen (secondary N) is 2. The quantitative estimate of drug-likeness (QED) is 0.438. The van der Waals surface area contributed by atoms with Gasteiger partial charge in [0, 0.05) is 25.2 Å². The van der Waals surface area contributed by atoms with Gasteiger partial charge in [0.2, 0.25) is 11.8 Å². The lowest BCUT2D eigenvalue weighted by Gasteiger charge is -2.22. The fourth-order valence-corrected chi connectivity index (χ4v) is 3.62. The number of anilines is 2. The van der Waals surface area contributed by atoms with E-state index in [2.05, 4.69) is 22.2 Å². The van der Waals surface area contributed by atoms with Crippen LogP contribution in [0.4, 0.5) is 11.5 Å². The minimum atomic E-state index is -0.625. The molecule has 0 bridgehead atoms. The van der Waals surface area contributed by atoms with Crippen LogP contribution in [-0.4, -0.2) is 52.2 Å². The number of likely N-dealkylation sites (N-methyl/N-ethyl adjacent to an activating group) is 1. The van der Waals surface area contributed by atoms with Crippen LogP contribution in [0.3, 0.4) is 0 Å². The highest BCUT2D eigenvalue weighted by atomic mass is 16.2. The number of amides is 3. The van der Waals surface area contributed by atoms with E-state index in [1.54, 1.807) is 14.0 Å². The minimum absolute atomic E-state index is 0.131. The highest BCUT2D eigenvalue weighted by Crippen LogP contribution is 2.41. The second-order valence-electron chi connectivity index (χ2n) is 8.44. The van der Waals surface area contributed by atoms with Crippen molar-refractivity contribution >= 4 is 29.2 Å². The number of carbonyl (C=O) groups is 3. The van der Waals surface area contributed by atoms with Crippen molar-refractivity contribution in [3.8, 4) is 0 Å². The van der Waals surface area contributed by atoms with Crippen LogP contribution in [0.2, 0.25) is 0 Å². The highest BCUT2D eigenvalue weighted by Gasteiger charge is 2.30. The summed E-state index contributed by atoms with van der Waals surface area (Å²) in [7, 11) is 1.56. The molecule has 1 fully saturated rings. The third-order valence-electron chi connectivity index (χ3n) is 5.92. The van der Waals surface area contributed by atoms with E-state index < -0.39 is 11.9 Å². The Morgan fingerprint density at radius 1 is 1.29 bits per heavy atom. The largest absolute Gasteiger partial charge is 0.364 e. The Morgan fingerprint density at radius 3 is 2.65 bits per heavy atom. The molecule has 1 aromatic heterocycles. The summed E-state index contributed by atoms with van der Waals surface area (Å²) in [6, 6.07) is 7.04. The van der Waals surface area contributed by atoms with E-state index in [1.807, 2.05) is 31.2 Å². The molecule has 1 aromatic carbocycles. The Labute approximate surface area is 199 Å². The van der Waals surface area contributed by atoms with Gasteiger partial charge in [0.25, 0.3) is 5.91 Å². The Kier molecular flexibility index (Phi) is 7.99. The summed E-state index contributed by atoms with van der Waals surface area (Å²) in [5, 5.41) is 6.06. The third-order valence-corrected chi connectivity index (χ3v) is 5.92. The van der Waals surface area contributed by atoms with Crippen LogP contribution in [0, 0.1) is 0 Å². The van der Waals surface area contributed by atoms with Crippen molar-refractivity contribution in [2.75, 3.05) is 18.9 Å². The fraction of sp³-hybridized carbons (Fsp3) is 0.400. The van der Waals surface area contributed by atoms with E-state index in [1.165, 1.54) is 11.0 Å². The van der Waals surface area contributed by atoms with E-state index >= 15 is 0 Å². The van der Waals surface area contributed by atoms with Crippen molar-refractivity contribution in [2.45, 2.75) is 51.5 Å². The molecule has 4 N–H and O–H groups in total. The number of benzene rings is 1. The number of aryl methyl sites for hydroxylation is 1. The van der Waals surface area contributed by atoms with Crippen LogP contribution in [0.1, 0.15) is 60.0 Å². The maximum atomic E-state index is 12.3. The predicted molar refractivity (Wildman–Crippen MR) is 131 cm³/mol. The summed E-state index contributed by atoms with van der Waals surface area (Å²) >= 11 is 0. The summed E-state index contributed by atoms with van der Waals surface area (Å²) in [6.45, 7) is 7.51. The number of nitrogens with two attached hydrogens (primary N) is 1. The number of hydrogen-bond acceptors (Lipinski definition) is 6. The molecule has 3 amide bonds. The maximum Gasteiger partial charge on any atom is 0.271 e. The molecule has 0 saturated heterocycles. The molecule has 34 heavy (non-hydrogen) atoms. The molecule has 1 atom stereocenters. The van der Waals surface area contributed by atoms with Crippen LogP contribution in [0.15, 0.2) is 36.9 Å². The third kappa shape index (κ3) is 5.98. The van der Waals surface area contributed by atoms with Gasteiger partial charge >= 0.3 is 0 Å². The molecule has 1 aliphatic carbocycles. The molecule has 0 unspecified atom stereocenters. The van der Waals surface area contributed by atoms with Crippen molar-refractivity contribution < 1.29 is 14.4 Å². The van der Waals surface area contributed by atoms with Crippen molar-refractivity contribution in [2.24, 2.45) is 5.73 Å². The van der Waals surface area contributed by atoms with E-state index in [9.17, 15) is 14.4 Å². The van der Waals surface area contributed by atoms with E-state index in [-0.39, 0.29) is 17.5 Å². The average molecular weight is 465 g/mol. The zero-order valence-corrected chi connectivity index (χ0v) is 19.9. The lowest BCUT2D eigenvalue weighted by molar-refractivity contribution is -0.135. The molecule has 1 aliphatic rings. The molecular weight excluding hydrogens is 432 g/mol. The monoisotopic (exact) mass is 464 g/mol. The molecule has 0 spiro atoms. The topological polar surface area (TPSA) is 130 Å². The molecule has 1 saturated carbocycles. The first-order chi connectivity index (χ1) is 16.2. The molecule has 9 heteroatoms. The lowest BCUT2D eigenvalue weighted by Crippen LogP contribution is -2.45. The number of primary amides is 1. The molecule has 0 radical (unpaired) electrons. The van der Waals surface area contributed by atoms with Crippen LogP contribution >= 0.6 is 0 Å². The summed E-state index contributed by atoms with van der Waals surface area (Å²) in [4.78, 5) is 46.6. The Hall–Kier alpha value is -3.75. The van der Waals surface area contributed by atoms with Gasteiger partial charge in [-0.25, -0.2) is 9.97 Å². The van der Waals surface area contributed by atoms with Gasteiger partial charge < -0.3 is 21.3 Å². The van der Waals surface area contributed by atoms with Crippen LogP contribution in [0.5, 0.6) is 0 Å². The first-order valence-electron chi connectivity index (χ1n) is 11.5. The zero-order chi connectivity index (χ0) is 24.8. The summed E-state index contributed by atoms with van der Waals surface area (Å²) < 4.78 is 0. The van der Waals surface area contributed by atoms with Gasteiger partial charge in [0.05, 0.1) is 11.4 Å². The summed E-state index contributed by atoms with van der Waals surface area (Å²) in [5.41, 5.74) is 9.19. The minimum Gasteiger partial charge on any atom is -0.364 e. The van der Waals surface area contributed by atoms with Crippen molar-refractivity contribution in [1.29, 1.82) is 0 Å². The molecule has 9 nitrogen and oxygen atoms in total. The molecule has 180 valence electrons. The second-order valence-corrected chi connectivity index (χ2v) is 8.44. The smallest absolute Gasteiger partial charge is 0.271 e. The maximum absolute atomic E-state index is 12.3. The number of hydrogen-bond donors (Lipinski definition) is 3. The molecule has 1 heterocycles. The average Bonchev–Trinajstić information content (AvgIpc) is 3.67. The van der Waals surface area contributed by atoms with Gasteiger partial charge in [-0.05, 0) is 56.4 Å². The standard InChI is InChI=1S/C25H32N6O3/c1-5-19-21(17-10-11-17)30-24(22(29-19)23(26)33)28-18-9-7-8-16(14-18)12-13-27-25(34)15(3)31(4)20(32)6-2/h6-9,14-15,17H,2,5,10-13H2,1,3-4H3,(H2,26,33)(H,27,34)(H,28,30)/t15-/m1/s1. The molecule has 2 aromatic rings. The van der Waals surface area contributed by atoms with Gasteiger partial charge in [0.15, 0.2) is 11.5 Å². The molecule has 0 aliphatic heterocycles. The van der Waals surface area contributed by atoms with Crippen molar-refractivity contribution in [3.63, 3.8) is 0 Å². The predicted octanol–water partition coefficient (Wildman–Crippen LogP) is 2.45. The van der Waals surface area contributed by atoms with Crippen LogP contribution < -0.4 is 16.4 Å². The van der Waals surface area contributed by atoms with Gasteiger partial charge in [-0.3, -0.25) is 14.4 Å². The Balaban J connectivity index is 1.68. The first kappa shape index (κ1) is 24.9. The van der Waals surface area contributed by atoms with Crippen LogP contribution in [0.25, 0.3) is 0 Å². The highest BCUT2D eigenvalue weighted by molar-refractivity contribution is 5.96. The summed E-state index contributed by atoms with van der Waals surface area (Å²) in [6.07, 6.45) is 4.61. The summed E-state index contributed by atoms with van der Waals surface area (Å²) in [5.74, 6) is -0.419. The Bertz CT molecular complexity index is 1100. The van der Waals surface area contributed by atoms with Gasteiger partial charge in [-0.2, -0.15) is 0 Å². The number of carbonyl (C=O) groups excluding carboxylic acids is 3. The first-order valence-corrected chi connectivity index (χ1v) is 11.5. The van der Waals surface area contributed by atoms with Crippen molar-refractivity contribution in [3.05, 3.63) is 59.6 Å². The van der Waals surface area contributed by atoms with E-state index in [4.69, 9.17) is 10.7 Å². The van der Waals surface area contributed by atoms with Gasteiger partial charge in [0.1, 0.15) is 6.04 Å². The lowest BCUT2D eigenvalue weighted by atomic mass is 10.1. The normalized spacial score (nSPS) is 13.6. The molecular formula is C25H32N6O3. The SMILES string of the molecule is C=CC(=O)N(C)[C@H](C)C(=O)NCCc1cccc(Nc2nc(C3CC3)c(CC)nc2C(N)=O)c1.